The molecule has 0 radical (unpaired) electrons. The zero-order valence-electron chi connectivity index (χ0n) is 11.7. The number of anilines is 1. The summed E-state index contributed by atoms with van der Waals surface area (Å²) < 4.78 is 0. The van der Waals surface area contributed by atoms with Crippen molar-refractivity contribution >= 4 is 33.3 Å². The van der Waals surface area contributed by atoms with Crippen molar-refractivity contribution in [2.75, 3.05) is 5.73 Å². The first-order valence-electron chi connectivity index (χ1n) is 7.08. The summed E-state index contributed by atoms with van der Waals surface area (Å²) in [6.07, 6.45) is 2.18. The molecule has 3 heterocycles. The lowest BCUT2D eigenvalue weighted by atomic mass is 9.91. The number of carbonyl (C=O) groups excluding carboxylic acids is 1. The van der Waals surface area contributed by atoms with Crippen LogP contribution < -0.4 is 11.1 Å². The number of rotatable bonds is 1. The first-order valence-corrected chi connectivity index (χ1v) is 7.89. The average molecular weight is 310 g/mol. The molecule has 2 aromatic heterocycles. The highest BCUT2D eigenvalue weighted by molar-refractivity contribution is 7.15. The number of amides is 1. The number of hydrogen-bond acceptors (Lipinski definition) is 5. The number of nitrogen functional groups attached to an aromatic ring is 1. The molecule has 0 saturated heterocycles. The van der Waals surface area contributed by atoms with Crippen molar-refractivity contribution < 1.29 is 4.79 Å². The zero-order valence-corrected chi connectivity index (χ0v) is 12.6. The summed E-state index contributed by atoms with van der Waals surface area (Å²) in [6, 6.07) is 10.0. The van der Waals surface area contributed by atoms with E-state index in [1.807, 2.05) is 30.3 Å². The first-order chi connectivity index (χ1) is 10.7. The molecule has 6 heteroatoms. The van der Waals surface area contributed by atoms with Crippen LogP contribution in [0, 0.1) is 0 Å². The van der Waals surface area contributed by atoms with Gasteiger partial charge in [-0.2, -0.15) is 0 Å². The number of para-hydroxylation sites is 1. The van der Waals surface area contributed by atoms with Crippen LogP contribution in [0.15, 0.2) is 36.5 Å². The molecule has 1 amide bonds. The molecule has 3 N–H and O–H groups in total. The second-order valence-electron chi connectivity index (χ2n) is 5.32. The number of pyridine rings is 1. The number of nitrogens with one attached hydrogen (secondary N) is 1. The van der Waals surface area contributed by atoms with Crippen LogP contribution in [-0.2, 0) is 11.3 Å². The molecule has 1 atom stereocenters. The normalized spacial score (nSPS) is 17.8. The molecular weight excluding hydrogens is 296 g/mol. The van der Waals surface area contributed by atoms with Gasteiger partial charge in [0.15, 0.2) is 5.13 Å². The fourth-order valence-electron chi connectivity index (χ4n) is 2.97. The molecule has 1 aliphatic rings. The van der Waals surface area contributed by atoms with Gasteiger partial charge in [-0.25, -0.2) is 4.98 Å². The Morgan fingerprint density at radius 3 is 3.05 bits per heavy atom. The molecule has 0 aliphatic carbocycles. The molecular formula is C16H14N4OS. The number of carbonyl (C=O) groups is 1. The predicted octanol–water partition coefficient (Wildman–Crippen LogP) is 2.43. The van der Waals surface area contributed by atoms with E-state index in [2.05, 4.69) is 15.3 Å². The SMILES string of the molecule is Nc1nc2c(s1)[C@H](c1cccc3cccnc13)CC(=O)NC2. The molecule has 0 saturated carbocycles. The maximum atomic E-state index is 12.1. The lowest BCUT2D eigenvalue weighted by molar-refractivity contribution is -0.121. The van der Waals surface area contributed by atoms with Crippen molar-refractivity contribution in [1.29, 1.82) is 0 Å². The van der Waals surface area contributed by atoms with Crippen LogP contribution in [0.4, 0.5) is 5.13 Å². The minimum Gasteiger partial charge on any atom is -0.375 e. The molecule has 0 bridgehead atoms. The summed E-state index contributed by atoms with van der Waals surface area (Å²) in [5, 5.41) is 4.51. The average Bonchev–Trinajstić information content (AvgIpc) is 2.84. The van der Waals surface area contributed by atoms with Crippen molar-refractivity contribution in [2.45, 2.75) is 18.9 Å². The van der Waals surface area contributed by atoms with Gasteiger partial charge in [-0.1, -0.05) is 24.3 Å². The predicted molar refractivity (Wildman–Crippen MR) is 86.6 cm³/mol. The molecule has 0 unspecified atom stereocenters. The van der Waals surface area contributed by atoms with Gasteiger partial charge >= 0.3 is 0 Å². The fourth-order valence-corrected chi connectivity index (χ4v) is 3.94. The first kappa shape index (κ1) is 13.2. The van der Waals surface area contributed by atoms with E-state index in [0.717, 1.165) is 27.0 Å². The van der Waals surface area contributed by atoms with E-state index in [1.54, 1.807) is 6.20 Å². The van der Waals surface area contributed by atoms with Crippen molar-refractivity contribution in [3.8, 4) is 0 Å². The lowest BCUT2D eigenvalue weighted by Gasteiger charge is -2.15. The molecule has 4 rings (SSSR count). The van der Waals surface area contributed by atoms with Gasteiger partial charge in [-0.3, -0.25) is 9.78 Å². The van der Waals surface area contributed by atoms with E-state index in [1.165, 1.54) is 11.3 Å². The van der Waals surface area contributed by atoms with Crippen LogP contribution in [0.5, 0.6) is 0 Å². The topological polar surface area (TPSA) is 80.9 Å². The van der Waals surface area contributed by atoms with Crippen LogP contribution in [0.3, 0.4) is 0 Å². The monoisotopic (exact) mass is 310 g/mol. The second-order valence-corrected chi connectivity index (χ2v) is 6.38. The number of benzene rings is 1. The zero-order chi connectivity index (χ0) is 15.1. The Bertz CT molecular complexity index is 868. The highest BCUT2D eigenvalue weighted by Crippen LogP contribution is 2.39. The summed E-state index contributed by atoms with van der Waals surface area (Å²) in [5.74, 6) is -0.0207. The quantitative estimate of drug-likeness (QED) is 0.723. The number of nitrogens with zero attached hydrogens (tertiary/aromatic N) is 2. The van der Waals surface area contributed by atoms with Crippen LogP contribution in [0.1, 0.15) is 28.5 Å². The summed E-state index contributed by atoms with van der Waals surface area (Å²) in [6.45, 7) is 0.441. The maximum Gasteiger partial charge on any atom is 0.221 e. The Balaban J connectivity index is 1.94. The van der Waals surface area contributed by atoms with Gasteiger partial charge in [0, 0.05) is 28.8 Å². The number of hydrogen-bond donors (Lipinski definition) is 2. The van der Waals surface area contributed by atoms with Gasteiger partial charge in [0.25, 0.3) is 0 Å². The highest BCUT2D eigenvalue weighted by atomic mass is 32.1. The third-order valence-corrected chi connectivity index (χ3v) is 4.98. The molecule has 1 aliphatic heterocycles. The van der Waals surface area contributed by atoms with E-state index in [9.17, 15) is 4.79 Å². The molecule has 110 valence electrons. The molecule has 0 spiro atoms. The highest BCUT2D eigenvalue weighted by Gasteiger charge is 2.28. The summed E-state index contributed by atoms with van der Waals surface area (Å²) in [4.78, 5) is 22.0. The van der Waals surface area contributed by atoms with Gasteiger partial charge in [-0.05, 0) is 11.6 Å². The van der Waals surface area contributed by atoms with Crippen molar-refractivity contribution in [3.63, 3.8) is 0 Å². The second kappa shape index (κ2) is 5.06. The van der Waals surface area contributed by atoms with Crippen LogP contribution in [0.2, 0.25) is 0 Å². The largest absolute Gasteiger partial charge is 0.375 e. The molecule has 3 aromatic rings. The van der Waals surface area contributed by atoms with Crippen LogP contribution >= 0.6 is 11.3 Å². The third kappa shape index (κ3) is 2.12. The van der Waals surface area contributed by atoms with Gasteiger partial charge in [-0.15, -0.1) is 11.3 Å². The number of aromatic nitrogens is 2. The Labute approximate surface area is 131 Å². The number of fused-ring (bicyclic) bond motifs is 2. The Kier molecular flexibility index (Phi) is 3.04. The molecule has 0 fully saturated rings. The van der Waals surface area contributed by atoms with E-state index in [4.69, 9.17) is 5.73 Å². The third-order valence-electron chi connectivity index (χ3n) is 3.94. The summed E-state index contributed by atoms with van der Waals surface area (Å²) in [7, 11) is 0. The number of nitrogens with two attached hydrogens (primary N) is 1. The minimum atomic E-state index is -0.0501. The summed E-state index contributed by atoms with van der Waals surface area (Å²) >= 11 is 1.46. The van der Waals surface area contributed by atoms with Gasteiger partial charge in [0.2, 0.25) is 5.91 Å². The standard InChI is InChI=1S/C16H14N4OS/c17-16-20-12-8-19-13(21)7-11(15(12)22-16)10-5-1-3-9-4-2-6-18-14(9)10/h1-6,11H,7-8H2,(H2,17,20)(H,19,21)/t11-/m0/s1. The molecule has 22 heavy (non-hydrogen) atoms. The minimum absolute atomic E-state index is 0.0294. The van der Waals surface area contributed by atoms with Crippen molar-refractivity contribution in [3.05, 3.63) is 52.7 Å². The van der Waals surface area contributed by atoms with Gasteiger partial charge < -0.3 is 11.1 Å². The van der Waals surface area contributed by atoms with E-state index < -0.39 is 0 Å². The molecule has 1 aromatic carbocycles. The van der Waals surface area contributed by atoms with E-state index in [-0.39, 0.29) is 11.8 Å². The van der Waals surface area contributed by atoms with Crippen molar-refractivity contribution in [1.82, 2.24) is 15.3 Å². The van der Waals surface area contributed by atoms with Gasteiger partial charge in [0.05, 0.1) is 17.8 Å². The van der Waals surface area contributed by atoms with Crippen LogP contribution in [0.25, 0.3) is 10.9 Å². The Morgan fingerprint density at radius 1 is 1.27 bits per heavy atom. The summed E-state index contributed by atoms with van der Waals surface area (Å²) in [5.41, 5.74) is 8.73. The lowest BCUT2D eigenvalue weighted by Crippen LogP contribution is -2.21. The maximum absolute atomic E-state index is 12.1. The van der Waals surface area contributed by atoms with Crippen LogP contribution in [-0.4, -0.2) is 15.9 Å². The Hall–Kier alpha value is -2.47. The Morgan fingerprint density at radius 2 is 2.14 bits per heavy atom. The molecule has 5 nitrogen and oxygen atoms in total. The van der Waals surface area contributed by atoms with Crippen molar-refractivity contribution in [2.24, 2.45) is 0 Å². The van der Waals surface area contributed by atoms with E-state index >= 15 is 0 Å². The van der Waals surface area contributed by atoms with E-state index in [0.29, 0.717) is 18.1 Å². The smallest absolute Gasteiger partial charge is 0.221 e. The fraction of sp³-hybridized carbons (Fsp3) is 0.188. The van der Waals surface area contributed by atoms with Gasteiger partial charge in [0.1, 0.15) is 0 Å². The number of thiazole rings is 1.